The molecule has 0 N–H and O–H groups in total. The van der Waals surface area contributed by atoms with Crippen LogP contribution in [0, 0.1) is 0 Å². The van der Waals surface area contributed by atoms with Gasteiger partial charge in [0.1, 0.15) is 5.75 Å². The summed E-state index contributed by atoms with van der Waals surface area (Å²) in [4.78, 5) is 9.14. The Morgan fingerprint density at radius 3 is 2.45 bits per heavy atom. The summed E-state index contributed by atoms with van der Waals surface area (Å²) in [6, 6.07) is 23.3. The molecule has 5 rings (SSSR count). The minimum Gasteiger partial charge on any atom is -0.497 e. The average molecular weight is 386 g/mol. The lowest BCUT2D eigenvalue weighted by molar-refractivity contribution is 0.409. The van der Waals surface area contributed by atoms with E-state index < -0.39 is 0 Å². The van der Waals surface area contributed by atoms with Crippen LogP contribution in [0.15, 0.2) is 71.3 Å². The van der Waals surface area contributed by atoms with Crippen LogP contribution in [0.4, 0.5) is 11.7 Å². The maximum atomic E-state index is 5.57. The molecule has 2 heterocycles. The Morgan fingerprint density at radius 2 is 1.62 bits per heavy atom. The van der Waals surface area contributed by atoms with Crippen molar-refractivity contribution in [2.24, 2.45) is 0 Å². The molecule has 1 aromatic heterocycles. The van der Waals surface area contributed by atoms with Gasteiger partial charge in [0.15, 0.2) is 0 Å². The van der Waals surface area contributed by atoms with Crippen molar-refractivity contribution in [2.45, 2.75) is 0 Å². The first-order valence-electron chi connectivity index (χ1n) is 9.77. The summed E-state index contributed by atoms with van der Waals surface area (Å²) in [5.74, 6) is 1.50. The molecule has 1 aliphatic rings. The van der Waals surface area contributed by atoms with Crippen LogP contribution in [0.2, 0.25) is 0 Å². The molecule has 1 aliphatic heterocycles. The van der Waals surface area contributed by atoms with Gasteiger partial charge < -0.3 is 19.1 Å². The van der Waals surface area contributed by atoms with Gasteiger partial charge in [-0.05, 0) is 29.0 Å². The maximum Gasteiger partial charge on any atom is 0.324 e. The highest BCUT2D eigenvalue weighted by atomic mass is 16.5. The number of hydrogen-bond acceptors (Lipinski definition) is 6. The fourth-order valence-electron chi connectivity index (χ4n) is 3.75. The minimum atomic E-state index is 0.582. The number of anilines is 2. The fourth-order valence-corrected chi connectivity index (χ4v) is 3.75. The van der Waals surface area contributed by atoms with E-state index in [1.54, 1.807) is 7.11 Å². The standard InChI is InChI=1S/C23H22N4O2/c1-28-21-8-4-7-20(16-21)26-11-13-27(14-12-26)23-24-22(25-29-23)19-10-9-17-5-2-3-6-18(17)15-19/h2-10,15-16H,11-14H2,1H3. The highest BCUT2D eigenvalue weighted by Gasteiger charge is 2.22. The summed E-state index contributed by atoms with van der Waals surface area (Å²) in [6.07, 6.45) is 0. The average Bonchev–Trinajstić information content (AvgIpc) is 3.29. The number of aromatic nitrogens is 2. The molecule has 0 radical (unpaired) electrons. The number of methoxy groups -OCH3 is 1. The molecule has 0 unspecified atom stereocenters. The third-order valence-electron chi connectivity index (χ3n) is 5.39. The zero-order valence-corrected chi connectivity index (χ0v) is 16.3. The van der Waals surface area contributed by atoms with Gasteiger partial charge in [0.2, 0.25) is 5.82 Å². The van der Waals surface area contributed by atoms with Crippen molar-refractivity contribution in [1.82, 2.24) is 10.1 Å². The predicted octanol–water partition coefficient (Wildman–Crippen LogP) is 4.23. The van der Waals surface area contributed by atoms with E-state index in [0.717, 1.165) is 37.5 Å². The minimum absolute atomic E-state index is 0.582. The second-order valence-corrected chi connectivity index (χ2v) is 7.14. The molecule has 146 valence electrons. The smallest absolute Gasteiger partial charge is 0.324 e. The van der Waals surface area contributed by atoms with Crippen LogP contribution in [0.5, 0.6) is 5.75 Å². The second kappa shape index (κ2) is 7.47. The molecule has 0 spiro atoms. The Labute approximate surface area is 169 Å². The van der Waals surface area contributed by atoms with Crippen LogP contribution >= 0.6 is 0 Å². The van der Waals surface area contributed by atoms with Crippen LogP contribution in [0.3, 0.4) is 0 Å². The monoisotopic (exact) mass is 386 g/mol. The summed E-state index contributed by atoms with van der Waals surface area (Å²) in [5.41, 5.74) is 2.14. The van der Waals surface area contributed by atoms with E-state index in [4.69, 9.17) is 9.26 Å². The van der Waals surface area contributed by atoms with Crippen molar-refractivity contribution in [3.63, 3.8) is 0 Å². The highest BCUT2D eigenvalue weighted by Crippen LogP contribution is 2.26. The van der Waals surface area contributed by atoms with Crippen LogP contribution in [-0.4, -0.2) is 43.4 Å². The second-order valence-electron chi connectivity index (χ2n) is 7.14. The van der Waals surface area contributed by atoms with E-state index >= 15 is 0 Å². The Bertz CT molecular complexity index is 1130. The Kier molecular flexibility index (Phi) is 4.52. The van der Waals surface area contributed by atoms with Crippen LogP contribution < -0.4 is 14.5 Å². The molecule has 0 atom stereocenters. The van der Waals surface area contributed by atoms with Gasteiger partial charge in [0.25, 0.3) is 0 Å². The first kappa shape index (κ1) is 17.6. The number of rotatable bonds is 4. The van der Waals surface area contributed by atoms with E-state index in [2.05, 4.69) is 56.3 Å². The lowest BCUT2D eigenvalue weighted by atomic mass is 10.1. The van der Waals surface area contributed by atoms with E-state index in [9.17, 15) is 0 Å². The summed E-state index contributed by atoms with van der Waals surface area (Å²) in [7, 11) is 1.69. The number of ether oxygens (including phenoxy) is 1. The molecule has 0 amide bonds. The molecular formula is C23H22N4O2. The van der Waals surface area contributed by atoms with Gasteiger partial charge in [-0.15, -0.1) is 0 Å². The third-order valence-corrected chi connectivity index (χ3v) is 5.39. The molecule has 0 bridgehead atoms. The molecule has 29 heavy (non-hydrogen) atoms. The highest BCUT2D eigenvalue weighted by molar-refractivity contribution is 5.86. The molecule has 0 aliphatic carbocycles. The van der Waals surface area contributed by atoms with E-state index in [1.165, 1.54) is 16.5 Å². The third kappa shape index (κ3) is 3.49. The number of nitrogens with zero attached hydrogens (tertiary/aromatic N) is 4. The first-order valence-corrected chi connectivity index (χ1v) is 9.77. The molecule has 0 saturated carbocycles. The normalized spacial score (nSPS) is 14.4. The zero-order valence-electron chi connectivity index (χ0n) is 16.3. The summed E-state index contributed by atoms with van der Waals surface area (Å²) in [6.45, 7) is 3.44. The molecular weight excluding hydrogens is 364 g/mol. The van der Waals surface area contributed by atoms with Crippen molar-refractivity contribution in [3.05, 3.63) is 66.7 Å². The SMILES string of the molecule is COc1cccc(N2CCN(c3nc(-c4ccc5ccccc5c4)no3)CC2)c1. The van der Waals surface area contributed by atoms with Gasteiger partial charge in [-0.3, -0.25) is 0 Å². The lowest BCUT2D eigenvalue weighted by Gasteiger charge is -2.35. The largest absolute Gasteiger partial charge is 0.497 e. The molecule has 6 nitrogen and oxygen atoms in total. The van der Waals surface area contributed by atoms with Crippen molar-refractivity contribution < 1.29 is 9.26 Å². The molecule has 6 heteroatoms. The number of piperazine rings is 1. The number of fused-ring (bicyclic) bond motifs is 1. The maximum absolute atomic E-state index is 5.57. The Morgan fingerprint density at radius 1 is 0.828 bits per heavy atom. The van der Waals surface area contributed by atoms with Crippen LogP contribution in [-0.2, 0) is 0 Å². The van der Waals surface area contributed by atoms with Gasteiger partial charge in [-0.1, -0.05) is 47.6 Å². The van der Waals surface area contributed by atoms with Gasteiger partial charge in [-0.2, -0.15) is 4.98 Å². The molecule has 1 fully saturated rings. The summed E-state index contributed by atoms with van der Waals surface area (Å²) in [5, 5.41) is 6.58. The zero-order chi connectivity index (χ0) is 19.6. The van der Waals surface area contributed by atoms with Crippen molar-refractivity contribution in [3.8, 4) is 17.1 Å². The van der Waals surface area contributed by atoms with E-state index in [1.807, 2.05) is 30.3 Å². The quantitative estimate of drug-likeness (QED) is 0.523. The van der Waals surface area contributed by atoms with Crippen molar-refractivity contribution in [2.75, 3.05) is 43.1 Å². The molecule has 3 aromatic carbocycles. The topological polar surface area (TPSA) is 54.6 Å². The Balaban J connectivity index is 1.30. The fraction of sp³-hybridized carbons (Fsp3) is 0.217. The van der Waals surface area contributed by atoms with Gasteiger partial charge in [-0.25, -0.2) is 0 Å². The predicted molar refractivity (Wildman–Crippen MR) is 115 cm³/mol. The first-order chi connectivity index (χ1) is 14.3. The van der Waals surface area contributed by atoms with Gasteiger partial charge in [0, 0.05) is 43.5 Å². The number of benzene rings is 3. The van der Waals surface area contributed by atoms with E-state index in [0.29, 0.717) is 11.8 Å². The Hall–Kier alpha value is -3.54. The molecule has 4 aromatic rings. The van der Waals surface area contributed by atoms with E-state index in [-0.39, 0.29) is 0 Å². The van der Waals surface area contributed by atoms with Gasteiger partial charge >= 0.3 is 6.01 Å². The number of hydrogen-bond donors (Lipinski definition) is 0. The van der Waals surface area contributed by atoms with Crippen molar-refractivity contribution >= 4 is 22.5 Å². The summed E-state index contributed by atoms with van der Waals surface area (Å²) >= 11 is 0. The lowest BCUT2D eigenvalue weighted by Crippen LogP contribution is -2.46. The van der Waals surface area contributed by atoms with Crippen molar-refractivity contribution in [1.29, 1.82) is 0 Å². The van der Waals surface area contributed by atoms with Crippen LogP contribution in [0.1, 0.15) is 0 Å². The summed E-state index contributed by atoms with van der Waals surface area (Å²) < 4.78 is 10.9. The van der Waals surface area contributed by atoms with Crippen LogP contribution in [0.25, 0.3) is 22.2 Å². The van der Waals surface area contributed by atoms with Gasteiger partial charge in [0.05, 0.1) is 7.11 Å². The molecule has 1 saturated heterocycles.